The highest BCUT2D eigenvalue weighted by Crippen LogP contribution is 2.43. The fourth-order valence-corrected chi connectivity index (χ4v) is 8.76. The van der Waals surface area contributed by atoms with E-state index in [-0.39, 0.29) is 16.7 Å². The Balaban J connectivity index is 0.000000165. The molecule has 64 heavy (non-hydrogen) atoms. The van der Waals surface area contributed by atoms with Crippen molar-refractivity contribution < 1.29 is 9.53 Å². The lowest BCUT2D eigenvalue weighted by atomic mass is 9.71. The highest BCUT2D eigenvalue weighted by Gasteiger charge is 2.41. The average molecular weight is 849 g/mol. The molecule has 322 valence electrons. The summed E-state index contributed by atoms with van der Waals surface area (Å²) in [5, 5.41) is 3.12. The van der Waals surface area contributed by atoms with Crippen LogP contribution >= 0.6 is 0 Å². The minimum atomic E-state index is -0.543. The summed E-state index contributed by atoms with van der Waals surface area (Å²) in [7, 11) is 1.79. The molecule has 4 aromatic carbocycles. The summed E-state index contributed by atoms with van der Waals surface area (Å²) < 4.78 is 7.16. The normalized spacial score (nSPS) is 15.0. The van der Waals surface area contributed by atoms with Crippen LogP contribution in [-0.4, -0.2) is 31.2 Å². The Hall–Kier alpha value is -7.17. The minimum absolute atomic E-state index is 0.0378. The van der Waals surface area contributed by atoms with E-state index in [9.17, 15) is 14.4 Å². The quantitative estimate of drug-likeness (QED) is 0.145. The summed E-state index contributed by atoms with van der Waals surface area (Å²) in [6.07, 6.45) is 5.71. The number of aromatic nitrogens is 4. The largest absolute Gasteiger partial charge is 0.444 e. The maximum absolute atomic E-state index is 12.5. The Bertz CT molecular complexity index is 3110. The number of benzene rings is 4. The van der Waals surface area contributed by atoms with Gasteiger partial charge in [-0.25, -0.2) is 14.8 Å². The number of nitrogens with two attached hydrogens (primary N) is 1. The summed E-state index contributed by atoms with van der Waals surface area (Å²) in [5.41, 5.74) is 18.3. The van der Waals surface area contributed by atoms with Crippen LogP contribution in [0.15, 0.2) is 155 Å². The number of hydrogen-bond donors (Lipinski definition) is 3. The number of amides is 1. The molecule has 0 radical (unpaired) electrons. The van der Waals surface area contributed by atoms with Gasteiger partial charge in [0.15, 0.2) is 0 Å². The maximum Gasteiger partial charge on any atom is 0.408 e. The van der Waals surface area contributed by atoms with Crippen LogP contribution in [0.3, 0.4) is 0 Å². The van der Waals surface area contributed by atoms with Crippen molar-refractivity contribution >= 4 is 28.2 Å². The van der Waals surface area contributed by atoms with Gasteiger partial charge in [-0.1, -0.05) is 109 Å². The number of pyridine rings is 4. The summed E-state index contributed by atoms with van der Waals surface area (Å²) in [6.45, 7) is 5.60. The van der Waals surface area contributed by atoms with E-state index in [2.05, 4.69) is 77.0 Å². The lowest BCUT2D eigenvalue weighted by Gasteiger charge is -2.43. The molecule has 10 nitrogen and oxygen atoms in total. The number of nitrogens with zero attached hydrogens (tertiary/aromatic N) is 3. The standard InChI is InChI=1S/C29H29N3O3.C25H23N3O/c1-28(2,3)35-27(34)32-29(16-7-17-29)21-12-10-20(11-13-21)26-22(19-8-5-4-6-9-19)18-24-23(31-26)14-15-25(33)30-24;1-28-22-16-20(17-6-3-2-4-7-17)24(27-21(22)12-13-23(28)29)18-8-10-19(11-9-18)25(26)14-5-15-25/h4-6,8-15,18H,7,16-17H2,1-3H3,(H,30,33)(H,32,34);2-4,6-13,16H,5,14-15,26H2,1H3. The number of H-pyrrole nitrogens is 1. The smallest absolute Gasteiger partial charge is 0.408 e. The van der Waals surface area contributed by atoms with Crippen LogP contribution in [0.25, 0.3) is 66.8 Å². The Morgan fingerprint density at radius 3 is 1.72 bits per heavy atom. The number of carbonyl (C=O) groups is 1. The zero-order valence-corrected chi connectivity index (χ0v) is 36.7. The van der Waals surface area contributed by atoms with Gasteiger partial charge in [0.1, 0.15) is 5.60 Å². The maximum atomic E-state index is 12.5. The van der Waals surface area contributed by atoms with Crippen LogP contribution in [0.2, 0.25) is 0 Å². The molecule has 0 atom stereocenters. The molecule has 4 N–H and O–H groups in total. The van der Waals surface area contributed by atoms with Crippen LogP contribution in [0, 0.1) is 0 Å². The Kier molecular flexibility index (Phi) is 11.1. The van der Waals surface area contributed by atoms with Crippen LogP contribution < -0.4 is 22.2 Å². The van der Waals surface area contributed by atoms with Crippen molar-refractivity contribution in [2.75, 3.05) is 0 Å². The number of carbonyl (C=O) groups excluding carboxylic acids is 1. The van der Waals surface area contributed by atoms with E-state index in [1.165, 1.54) is 18.1 Å². The number of rotatable bonds is 7. The topological polar surface area (TPSA) is 145 Å². The highest BCUT2D eigenvalue weighted by atomic mass is 16.6. The first-order valence-corrected chi connectivity index (χ1v) is 22.0. The molecule has 2 aliphatic rings. The summed E-state index contributed by atoms with van der Waals surface area (Å²) in [5.74, 6) is 0. The molecule has 0 saturated heterocycles. The second-order valence-corrected chi connectivity index (χ2v) is 18.1. The number of aromatic amines is 1. The molecule has 4 heterocycles. The van der Waals surface area contributed by atoms with Crippen molar-refractivity contribution in [1.82, 2.24) is 24.8 Å². The van der Waals surface area contributed by atoms with Crippen molar-refractivity contribution in [2.45, 2.75) is 76.0 Å². The number of alkyl carbamates (subject to hydrolysis) is 1. The zero-order valence-electron chi connectivity index (χ0n) is 36.7. The van der Waals surface area contributed by atoms with Gasteiger partial charge in [0.25, 0.3) is 5.56 Å². The van der Waals surface area contributed by atoms with E-state index < -0.39 is 17.2 Å². The van der Waals surface area contributed by atoms with E-state index in [0.717, 1.165) is 99.0 Å². The molecule has 4 aromatic heterocycles. The molecule has 0 bridgehead atoms. The minimum Gasteiger partial charge on any atom is -0.444 e. The van der Waals surface area contributed by atoms with Gasteiger partial charge in [-0.2, -0.15) is 0 Å². The molecule has 2 fully saturated rings. The Morgan fingerprint density at radius 1 is 0.656 bits per heavy atom. The number of ether oxygens (including phenoxy) is 1. The van der Waals surface area contributed by atoms with Crippen LogP contribution in [0.4, 0.5) is 4.79 Å². The lowest BCUT2D eigenvalue weighted by Crippen LogP contribution is -2.52. The average Bonchev–Trinajstić information content (AvgIpc) is 3.27. The number of fused-ring (bicyclic) bond motifs is 2. The molecule has 0 aliphatic heterocycles. The fourth-order valence-electron chi connectivity index (χ4n) is 8.76. The van der Waals surface area contributed by atoms with Gasteiger partial charge in [0.2, 0.25) is 5.56 Å². The molecule has 8 aromatic rings. The van der Waals surface area contributed by atoms with Crippen molar-refractivity contribution in [3.05, 3.63) is 177 Å². The first-order valence-electron chi connectivity index (χ1n) is 22.0. The second kappa shape index (κ2) is 16.8. The molecular weight excluding hydrogens is 797 g/mol. The number of hydrogen-bond acceptors (Lipinski definition) is 7. The van der Waals surface area contributed by atoms with E-state index in [4.69, 9.17) is 20.4 Å². The van der Waals surface area contributed by atoms with Crippen molar-refractivity contribution in [3.8, 4) is 44.8 Å². The molecule has 1 amide bonds. The molecule has 2 aliphatic carbocycles. The zero-order chi connectivity index (χ0) is 44.6. The third-order valence-electron chi connectivity index (χ3n) is 12.6. The molecule has 0 spiro atoms. The van der Waals surface area contributed by atoms with E-state index in [0.29, 0.717) is 5.52 Å². The van der Waals surface area contributed by atoms with Crippen molar-refractivity contribution in [3.63, 3.8) is 0 Å². The van der Waals surface area contributed by atoms with Gasteiger partial charge in [0.05, 0.1) is 39.0 Å². The first-order chi connectivity index (χ1) is 30.8. The van der Waals surface area contributed by atoms with Gasteiger partial charge in [-0.3, -0.25) is 9.59 Å². The van der Waals surface area contributed by atoms with Crippen molar-refractivity contribution in [2.24, 2.45) is 12.8 Å². The third-order valence-corrected chi connectivity index (χ3v) is 12.6. The molecule has 0 unspecified atom stereocenters. The van der Waals surface area contributed by atoms with Gasteiger partial charge < -0.3 is 25.3 Å². The van der Waals surface area contributed by atoms with E-state index in [1.54, 1.807) is 29.8 Å². The van der Waals surface area contributed by atoms with Gasteiger partial charge >= 0.3 is 6.09 Å². The van der Waals surface area contributed by atoms with Crippen molar-refractivity contribution in [1.29, 1.82) is 0 Å². The lowest BCUT2D eigenvalue weighted by molar-refractivity contribution is 0.0377. The molecule has 2 saturated carbocycles. The molecular formula is C54H52N6O4. The first kappa shape index (κ1) is 42.1. The monoisotopic (exact) mass is 848 g/mol. The highest BCUT2D eigenvalue weighted by molar-refractivity contribution is 5.91. The van der Waals surface area contributed by atoms with Gasteiger partial charge in [-0.15, -0.1) is 0 Å². The van der Waals surface area contributed by atoms with Crippen LogP contribution in [-0.2, 0) is 22.9 Å². The summed E-state index contributed by atoms with van der Waals surface area (Å²) in [6, 6.07) is 47.6. The number of aryl methyl sites for hydroxylation is 1. The second-order valence-electron chi connectivity index (χ2n) is 18.1. The van der Waals surface area contributed by atoms with Gasteiger partial charge in [-0.05, 0) is 106 Å². The van der Waals surface area contributed by atoms with E-state index in [1.807, 2.05) is 75.4 Å². The fraction of sp³-hybridized carbons (Fsp3) is 0.241. The Labute approximate surface area is 372 Å². The van der Waals surface area contributed by atoms with Crippen LogP contribution in [0.5, 0.6) is 0 Å². The summed E-state index contributed by atoms with van der Waals surface area (Å²) >= 11 is 0. The molecule has 10 rings (SSSR count). The predicted molar refractivity (Wildman–Crippen MR) is 256 cm³/mol. The van der Waals surface area contributed by atoms with E-state index >= 15 is 0 Å². The van der Waals surface area contributed by atoms with Gasteiger partial charge in [0, 0.05) is 47.0 Å². The number of nitrogens with one attached hydrogen (secondary N) is 2. The Morgan fingerprint density at radius 2 is 1.19 bits per heavy atom. The third kappa shape index (κ3) is 8.49. The SMILES string of the molecule is CC(C)(C)OC(=O)NC1(c2ccc(-c3nc4ccc(=O)[nH]c4cc3-c3ccccc3)cc2)CCC1.Cn1c(=O)ccc2nc(-c3ccc(C4(N)CCC4)cc3)c(-c3ccccc3)cc21. The summed E-state index contributed by atoms with van der Waals surface area (Å²) in [4.78, 5) is 49.3. The predicted octanol–water partition coefficient (Wildman–Crippen LogP) is 10.8. The molecule has 10 heteroatoms. The van der Waals surface area contributed by atoms with Crippen LogP contribution in [0.1, 0.15) is 70.4 Å².